The standard InChI is InChI=1S/C16H25FN2/c1-7-11-19(16(3,4)5)15-13(12(2)18-6)9-8-10-14(15)17/h7-10,12,18H,1,11H2,2-6H3. The maximum absolute atomic E-state index is 14.3. The Morgan fingerprint density at radius 2 is 2.05 bits per heavy atom. The number of halogens is 1. The largest absolute Gasteiger partial charge is 0.360 e. The van der Waals surface area contributed by atoms with E-state index in [-0.39, 0.29) is 17.4 Å². The first kappa shape index (κ1) is 15.7. The number of nitrogens with one attached hydrogen (secondary N) is 1. The molecule has 1 atom stereocenters. The Kier molecular flexibility index (Phi) is 5.12. The lowest BCUT2D eigenvalue weighted by Crippen LogP contribution is -2.43. The number of rotatable bonds is 5. The summed E-state index contributed by atoms with van der Waals surface area (Å²) in [4.78, 5) is 2.05. The quantitative estimate of drug-likeness (QED) is 0.811. The summed E-state index contributed by atoms with van der Waals surface area (Å²) < 4.78 is 14.3. The van der Waals surface area contributed by atoms with E-state index in [1.165, 1.54) is 6.07 Å². The van der Waals surface area contributed by atoms with Crippen molar-refractivity contribution in [1.82, 2.24) is 5.32 Å². The van der Waals surface area contributed by atoms with Gasteiger partial charge in [-0.1, -0.05) is 18.2 Å². The zero-order valence-corrected chi connectivity index (χ0v) is 12.6. The highest BCUT2D eigenvalue weighted by Crippen LogP contribution is 2.33. The van der Waals surface area contributed by atoms with E-state index in [0.29, 0.717) is 12.2 Å². The molecule has 1 N–H and O–H groups in total. The van der Waals surface area contributed by atoms with Gasteiger partial charge in [0.2, 0.25) is 0 Å². The van der Waals surface area contributed by atoms with Crippen LogP contribution in [0.3, 0.4) is 0 Å². The lowest BCUT2D eigenvalue weighted by atomic mass is 9.99. The Labute approximate surface area is 116 Å². The Morgan fingerprint density at radius 3 is 2.53 bits per heavy atom. The molecule has 0 saturated heterocycles. The van der Waals surface area contributed by atoms with E-state index in [0.717, 1.165) is 5.56 Å². The maximum Gasteiger partial charge on any atom is 0.146 e. The van der Waals surface area contributed by atoms with Gasteiger partial charge in [0.15, 0.2) is 0 Å². The third kappa shape index (κ3) is 3.57. The second-order valence-electron chi connectivity index (χ2n) is 5.76. The Balaban J connectivity index is 3.40. The number of nitrogens with zero attached hydrogens (tertiary/aromatic N) is 1. The molecule has 0 bridgehead atoms. The molecule has 0 aromatic heterocycles. The fourth-order valence-electron chi connectivity index (χ4n) is 2.15. The summed E-state index contributed by atoms with van der Waals surface area (Å²) in [6.45, 7) is 12.7. The first-order valence-electron chi connectivity index (χ1n) is 6.67. The second kappa shape index (κ2) is 6.20. The van der Waals surface area contributed by atoms with Gasteiger partial charge in [0, 0.05) is 18.1 Å². The third-order valence-corrected chi connectivity index (χ3v) is 3.31. The molecule has 1 unspecified atom stereocenters. The molecule has 0 amide bonds. The number of para-hydroxylation sites is 1. The molecule has 0 radical (unpaired) electrons. The van der Waals surface area contributed by atoms with Crippen LogP contribution in [0.2, 0.25) is 0 Å². The van der Waals surface area contributed by atoms with Crippen molar-refractivity contribution < 1.29 is 4.39 Å². The molecule has 0 saturated carbocycles. The molecule has 1 rings (SSSR count). The van der Waals surface area contributed by atoms with Gasteiger partial charge in [-0.15, -0.1) is 6.58 Å². The minimum absolute atomic E-state index is 0.0976. The molecule has 0 heterocycles. The predicted molar refractivity (Wildman–Crippen MR) is 81.2 cm³/mol. The van der Waals surface area contributed by atoms with E-state index in [1.807, 2.05) is 26.1 Å². The van der Waals surface area contributed by atoms with Gasteiger partial charge in [0.25, 0.3) is 0 Å². The third-order valence-electron chi connectivity index (χ3n) is 3.31. The molecule has 0 aliphatic heterocycles. The highest BCUT2D eigenvalue weighted by Gasteiger charge is 2.26. The van der Waals surface area contributed by atoms with Crippen LogP contribution in [0.25, 0.3) is 0 Å². The molecule has 0 aliphatic carbocycles. The number of anilines is 1. The van der Waals surface area contributed by atoms with Gasteiger partial charge < -0.3 is 10.2 Å². The van der Waals surface area contributed by atoms with Crippen molar-refractivity contribution in [1.29, 1.82) is 0 Å². The van der Waals surface area contributed by atoms with Gasteiger partial charge in [-0.05, 0) is 46.4 Å². The van der Waals surface area contributed by atoms with E-state index in [2.05, 4.69) is 37.6 Å². The number of benzene rings is 1. The van der Waals surface area contributed by atoms with Crippen LogP contribution in [0.4, 0.5) is 10.1 Å². The van der Waals surface area contributed by atoms with E-state index >= 15 is 0 Å². The molecule has 2 nitrogen and oxygen atoms in total. The van der Waals surface area contributed by atoms with Crippen LogP contribution in [-0.2, 0) is 0 Å². The monoisotopic (exact) mass is 264 g/mol. The molecule has 106 valence electrons. The zero-order chi connectivity index (χ0) is 14.6. The Bertz CT molecular complexity index is 435. The van der Waals surface area contributed by atoms with Gasteiger partial charge >= 0.3 is 0 Å². The van der Waals surface area contributed by atoms with E-state index in [9.17, 15) is 4.39 Å². The Morgan fingerprint density at radius 1 is 1.42 bits per heavy atom. The summed E-state index contributed by atoms with van der Waals surface area (Å²) in [5, 5.41) is 3.18. The SMILES string of the molecule is C=CCN(c1c(F)cccc1C(C)NC)C(C)(C)C. The minimum Gasteiger partial charge on any atom is -0.360 e. The van der Waals surface area contributed by atoms with Gasteiger partial charge in [0.1, 0.15) is 5.82 Å². The molecule has 0 fully saturated rings. The van der Waals surface area contributed by atoms with Crippen molar-refractivity contribution in [2.45, 2.75) is 39.3 Å². The summed E-state index contributed by atoms with van der Waals surface area (Å²) in [6, 6.07) is 5.35. The van der Waals surface area contributed by atoms with Crippen molar-refractivity contribution in [3.05, 3.63) is 42.2 Å². The fourth-order valence-corrected chi connectivity index (χ4v) is 2.15. The molecule has 3 heteroatoms. The second-order valence-corrected chi connectivity index (χ2v) is 5.76. The lowest BCUT2D eigenvalue weighted by molar-refractivity contribution is 0.500. The summed E-state index contributed by atoms with van der Waals surface area (Å²) >= 11 is 0. The maximum atomic E-state index is 14.3. The molecular weight excluding hydrogens is 239 g/mol. The van der Waals surface area contributed by atoms with Gasteiger partial charge in [-0.25, -0.2) is 4.39 Å². The first-order chi connectivity index (χ1) is 8.82. The van der Waals surface area contributed by atoms with Crippen LogP contribution in [0.5, 0.6) is 0 Å². The smallest absolute Gasteiger partial charge is 0.146 e. The normalized spacial score (nSPS) is 13.2. The van der Waals surface area contributed by atoms with Crippen LogP contribution in [0, 0.1) is 5.82 Å². The number of hydrogen-bond donors (Lipinski definition) is 1. The molecule has 0 spiro atoms. The van der Waals surface area contributed by atoms with Crippen LogP contribution >= 0.6 is 0 Å². The molecular formula is C16H25FN2. The van der Waals surface area contributed by atoms with Crippen LogP contribution in [0.15, 0.2) is 30.9 Å². The number of hydrogen-bond acceptors (Lipinski definition) is 2. The van der Waals surface area contributed by atoms with Crippen molar-refractivity contribution in [2.24, 2.45) is 0 Å². The molecule has 1 aromatic rings. The molecule has 1 aromatic carbocycles. The predicted octanol–water partition coefficient (Wildman–Crippen LogP) is 3.90. The van der Waals surface area contributed by atoms with Gasteiger partial charge in [-0.2, -0.15) is 0 Å². The van der Waals surface area contributed by atoms with Crippen molar-refractivity contribution >= 4 is 5.69 Å². The Hall–Kier alpha value is -1.35. The first-order valence-corrected chi connectivity index (χ1v) is 6.67. The van der Waals surface area contributed by atoms with Gasteiger partial charge in [-0.3, -0.25) is 0 Å². The fraction of sp³-hybridized carbons (Fsp3) is 0.500. The lowest BCUT2D eigenvalue weighted by Gasteiger charge is -2.39. The summed E-state index contributed by atoms with van der Waals surface area (Å²) in [7, 11) is 1.88. The van der Waals surface area contributed by atoms with Crippen LogP contribution in [-0.4, -0.2) is 19.1 Å². The topological polar surface area (TPSA) is 15.3 Å². The van der Waals surface area contributed by atoms with Crippen molar-refractivity contribution in [3.63, 3.8) is 0 Å². The van der Waals surface area contributed by atoms with E-state index in [4.69, 9.17) is 0 Å². The summed E-state index contributed by atoms with van der Waals surface area (Å²) in [5.74, 6) is -0.184. The summed E-state index contributed by atoms with van der Waals surface area (Å²) in [6.07, 6.45) is 1.81. The zero-order valence-electron chi connectivity index (χ0n) is 12.6. The van der Waals surface area contributed by atoms with Crippen molar-refractivity contribution in [3.8, 4) is 0 Å². The van der Waals surface area contributed by atoms with Crippen molar-refractivity contribution in [2.75, 3.05) is 18.5 Å². The van der Waals surface area contributed by atoms with Crippen LogP contribution in [0.1, 0.15) is 39.3 Å². The molecule has 19 heavy (non-hydrogen) atoms. The highest BCUT2D eigenvalue weighted by molar-refractivity contribution is 5.58. The van der Waals surface area contributed by atoms with Gasteiger partial charge in [0.05, 0.1) is 5.69 Å². The average Bonchev–Trinajstić information content (AvgIpc) is 2.34. The minimum atomic E-state index is -0.184. The van der Waals surface area contributed by atoms with E-state index < -0.39 is 0 Å². The highest BCUT2D eigenvalue weighted by atomic mass is 19.1. The molecule has 0 aliphatic rings. The van der Waals surface area contributed by atoms with Crippen LogP contribution < -0.4 is 10.2 Å². The average molecular weight is 264 g/mol. The summed E-state index contributed by atoms with van der Waals surface area (Å²) in [5.41, 5.74) is 1.47. The van der Waals surface area contributed by atoms with E-state index in [1.54, 1.807) is 6.07 Å².